The second-order valence-corrected chi connectivity index (χ2v) is 7.90. The van der Waals surface area contributed by atoms with Gasteiger partial charge >= 0.3 is 0 Å². The molecular formula is C22H18N4O2S. The number of aromatic nitrogens is 4. The fourth-order valence-corrected chi connectivity index (χ4v) is 3.93. The fourth-order valence-electron chi connectivity index (χ4n) is 3.25. The van der Waals surface area contributed by atoms with Crippen LogP contribution in [0.5, 0.6) is 0 Å². The van der Waals surface area contributed by atoms with Crippen molar-refractivity contribution in [3.8, 4) is 22.0 Å². The molecular weight excluding hydrogens is 384 g/mol. The Morgan fingerprint density at radius 3 is 2.69 bits per heavy atom. The van der Waals surface area contributed by atoms with E-state index in [4.69, 9.17) is 4.42 Å². The van der Waals surface area contributed by atoms with Gasteiger partial charge < -0.3 is 8.98 Å². The Morgan fingerprint density at radius 1 is 1.10 bits per heavy atom. The molecule has 0 fully saturated rings. The van der Waals surface area contributed by atoms with Crippen LogP contribution in [0.25, 0.3) is 27.5 Å². The molecule has 0 N–H and O–H groups in total. The lowest BCUT2D eigenvalue weighted by Crippen LogP contribution is -2.22. The van der Waals surface area contributed by atoms with Gasteiger partial charge in [-0.25, -0.2) is 9.50 Å². The van der Waals surface area contributed by atoms with Gasteiger partial charge in [-0.1, -0.05) is 23.8 Å². The summed E-state index contributed by atoms with van der Waals surface area (Å²) in [6.07, 6.45) is 3.53. The normalized spacial score (nSPS) is 11.4. The van der Waals surface area contributed by atoms with Gasteiger partial charge in [0.25, 0.3) is 5.56 Å². The van der Waals surface area contributed by atoms with E-state index in [0.29, 0.717) is 23.7 Å². The molecule has 0 aliphatic rings. The summed E-state index contributed by atoms with van der Waals surface area (Å²) in [5, 5.41) is 6.51. The van der Waals surface area contributed by atoms with E-state index in [1.165, 1.54) is 5.56 Å². The highest BCUT2D eigenvalue weighted by Gasteiger charge is 2.14. The topological polar surface area (TPSA) is 65.3 Å². The highest BCUT2D eigenvalue weighted by Crippen LogP contribution is 2.24. The highest BCUT2D eigenvalue weighted by molar-refractivity contribution is 7.13. The molecule has 0 bridgehead atoms. The zero-order chi connectivity index (χ0) is 20.0. The lowest BCUT2D eigenvalue weighted by molar-refractivity contribution is 0.537. The first kappa shape index (κ1) is 17.6. The van der Waals surface area contributed by atoms with Crippen LogP contribution in [0.1, 0.15) is 17.0 Å². The van der Waals surface area contributed by atoms with E-state index in [1.807, 2.05) is 61.7 Å². The number of aryl methyl sites for hydroxylation is 2. The van der Waals surface area contributed by atoms with Crippen molar-refractivity contribution in [2.24, 2.45) is 0 Å². The Hall–Kier alpha value is -3.45. The van der Waals surface area contributed by atoms with Gasteiger partial charge in [0.15, 0.2) is 0 Å². The summed E-state index contributed by atoms with van der Waals surface area (Å²) in [7, 11) is 0. The Bertz CT molecular complexity index is 1360. The number of benzene rings is 1. The quantitative estimate of drug-likeness (QED) is 0.443. The van der Waals surface area contributed by atoms with Crippen molar-refractivity contribution in [1.29, 1.82) is 0 Å². The average Bonchev–Trinajstić information content (AvgIpc) is 3.45. The molecule has 7 heteroatoms. The van der Waals surface area contributed by atoms with Gasteiger partial charge in [0, 0.05) is 18.0 Å². The molecule has 0 aliphatic carbocycles. The minimum atomic E-state index is -0.109. The Labute approximate surface area is 170 Å². The fraction of sp³-hybridized carbons (Fsp3) is 0.136. The number of fused-ring (bicyclic) bond motifs is 1. The summed E-state index contributed by atoms with van der Waals surface area (Å²) in [5.41, 5.74) is 4.07. The van der Waals surface area contributed by atoms with E-state index >= 15 is 0 Å². The lowest BCUT2D eigenvalue weighted by atomic mass is 10.1. The second kappa shape index (κ2) is 6.86. The first-order valence-corrected chi connectivity index (χ1v) is 10.1. The first-order chi connectivity index (χ1) is 14.1. The predicted octanol–water partition coefficient (Wildman–Crippen LogP) is 4.54. The Morgan fingerprint density at radius 2 is 1.93 bits per heavy atom. The maximum Gasteiger partial charge on any atom is 0.276 e. The minimum Gasteiger partial charge on any atom is -0.441 e. The maximum absolute atomic E-state index is 13.0. The molecule has 4 heterocycles. The Kier molecular flexibility index (Phi) is 4.17. The highest BCUT2D eigenvalue weighted by atomic mass is 32.1. The van der Waals surface area contributed by atoms with Crippen LogP contribution in [0.2, 0.25) is 0 Å². The molecule has 1 aromatic carbocycles. The average molecular weight is 402 g/mol. The third-order valence-corrected chi connectivity index (χ3v) is 5.78. The monoisotopic (exact) mass is 402 g/mol. The van der Waals surface area contributed by atoms with Crippen LogP contribution in [0.4, 0.5) is 0 Å². The molecule has 29 heavy (non-hydrogen) atoms. The van der Waals surface area contributed by atoms with Crippen LogP contribution in [-0.4, -0.2) is 19.2 Å². The molecule has 6 nitrogen and oxygen atoms in total. The molecule has 5 rings (SSSR count). The van der Waals surface area contributed by atoms with E-state index in [0.717, 1.165) is 21.8 Å². The summed E-state index contributed by atoms with van der Waals surface area (Å²) < 4.78 is 9.11. The lowest BCUT2D eigenvalue weighted by Gasteiger charge is -2.03. The number of rotatable bonds is 4. The van der Waals surface area contributed by atoms with E-state index in [9.17, 15) is 4.79 Å². The molecule has 0 spiro atoms. The smallest absolute Gasteiger partial charge is 0.276 e. The number of nitrogens with zero attached hydrogens (tertiary/aromatic N) is 4. The zero-order valence-electron chi connectivity index (χ0n) is 16.0. The van der Waals surface area contributed by atoms with E-state index < -0.39 is 0 Å². The molecule has 0 saturated carbocycles. The summed E-state index contributed by atoms with van der Waals surface area (Å²) in [4.78, 5) is 18.7. The van der Waals surface area contributed by atoms with Crippen molar-refractivity contribution in [3.05, 3.63) is 87.6 Å². The number of thiophene rings is 1. The van der Waals surface area contributed by atoms with Crippen molar-refractivity contribution in [3.63, 3.8) is 0 Å². The third-order valence-electron chi connectivity index (χ3n) is 4.89. The third kappa shape index (κ3) is 3.19. The number of hydrogen-bond acceptors (Lipinski definition) is 5. The first-order valence-electron chi connectivity index (χ1n) is 9.24. The van der Waals surface area contributed by atoms with Gasteiger partial charge in [-0.3, -0.25) is 4.79 Å². The van der Waals surface area contributed by atoms with Crippen molar-refractivity contribution in [1.82, 2.24) is 19.2 Å². The minimum absolute atomic E-state index is 0.109. The van der Waals surface area contributed by atoms with Gasteiger partial charge in [-0.2, -0.15) is 5.10 Å². The summed E-state index contributed by atoms with van der Waals surface area (Å²) in [5.74, 6) is 1.27. The van der Waals surface area contributed by atoms with Gasteiger partial charge in [0.1, 0.15) is 22.7 Å². The standard InChI is InChI=1S/C22H18N4O2S/c1-14-5-7-16(8-6-14)21-23-18(15(2)28-21)13-25-9-10-26-19(22(25)27)12-17(24-26)20-4-3-11-29-20/h3-12H,13H2,1-2H3. The SMILES string of the molecule is Cc1ccc(-c2nc(Cn3ccn4nc(-c5cccs5)cc4c3=O)c(C)o2)cc1. The van der Waals surface area contributed by atoms with E-state index in [2.05, 4.69) is 10.1 Å². The zero-order valence-corrected chi connectivity index (χ0v) is 16.8. The molecule has 0 atom stereocenters. The van der Waals surface area contributed by atoms with Crippen molar-refractivity contribution < 1.29 is 4.42 Å². The Balaban J connectivity index is 1.50. The van der Waals surface area contributed by atoms with E-state index in [1.54, 1.807) is 32.8 Å². The molecule has 0 aliphatic heterocycles. The van der Waals surface area contributed by atoms with Gasteiger partial charge in [-0.05, 0) is 43.5 Å². The van der Waals surface area contributed by atoms with Crippen LogP contribution in [0.3, 0.4) is 0 Å². The molecule has 0 amide bonds. The van der Waals surface area contributed by atoms with Crippen molar-refractivity contribution >= 4 is 16.9 Å². The van der Waals surface area contributed by atoms with Crippen LogP contribution in [0.15, 0.2) is 69.5 Å². The van der Waals surface area contributed by atoms with Crippen LogP contribution in [-0.2, 0) is 6.54 Å². The largest absolute Gasteiger partial charge is 0.441 e. The molecule has 4 aromatic heterocycles. The van der Waals surface area contributed by atoms with Gasteiger partial charge in [-0.15, -0.1) is 11.3 Å². The summed E-state index contributed by atoms with van der Waals surface area (Å²) >= 11 is 1.60. The van der Waals surface area contributed by atoms with Crippen LogP contribution in [0, 0.1) is 13.8 Å². The summed E-state index contributed by atoms with van der Waals surface area (Å²) in [6, 6.07) is 13.8. The van der Waals surface area contributed by atoms with Crippen LogP contribution >= 0.6 is 11.3 Å². The molecule has 0 radical (unpaired) electrons. The van der Waals surface area contributed by atoms with Gasteiger partial charge in [0.2, 0.25) is 5.89 Å². The predicted molar refractivity (Wildman–Crippen MR) is 113 cm³/mol. The van der Waals surface area contributed by atoms with Crippen molar-refractivity contribution in [2.75, 3.05) is 0 Å². The molecule has 5 aromatic rings. The van der Waals surface area contributed by atoms with Gasteiger partial charge in [0.05, 0.1) is 11.4 Å². The molecule has 0 unspecified atom stereocenters. The molecule has 0 saturated heterocycles. The number of oxazole rings is 1. The van der Waals surface area contributed by atoms with Crippen LogP contribution < -0.4 is 5.56 Å². The van der Waals surface area contributed by atoms with Crippen molar-refractivity contribution in [2.45, 2.75) is 20.4 Å². The maximum atomic E-state index is 13.0. The summed E-state index contributed by atoms with van der Waals surface area (Å²) in [6.45, 7) is 4.26. The number of hydrogen-bond donors (Lipinski definition) is 0. The van der Waals surface area contributed by atoms with E-state index in [-0.39, 0.29) is 5.56 Å². The second-order valence-electron chi connectivity index (χ2n) is 6.96. The molecule has 144 valence electrons.